The Morgan fingerprint density at radius 3 is 2.53 bits per heavy atom. The topological polar surface area (TPSA) is 24.5 Å². The van der Waals surface area contributed by atoms with Crippen LogP contribution in [0.3, 0.4) is 0 Å². The van der Waals surface area contributed by atoms with Crippen molar-refractivity contribution in [1.29, 1.82) is 0 Å². The zero-order valence-electron chi connectivity index (χ0n) is 13.3. The van der Waals surface area contributed by atoms with Crippen molar-refractivity contribution in [2.45, 2.75) is 58.4 Å². The quantitative estimate of drug-likeness (QED) is 0.521. The van der Waals surface area contributed by atoms with Crippen molar-refractivity contribution in [2.24, 2.45) is 5.92 Å². The van der Waals surface area contributed by atoms with E-state index in [0.29, 0.717) is 0 Å². The normalized spacial score (nSPS) is 15.6. The van der Waals surface area contributed by atoms with Crippen molar-refractivity contribution >= 4 is 0 Å². The maximum absolute atomic E-state index is 5.68. The first-order valence-electron chi connectivity index (χ1n) is 8.19. The molecule has 3 heteroatoms. The SMILES string of the molecule is CC(C)CNCCCCCCOCCN(C)C1CC1. The van der Waals surface area contributed by atoms with Gasteiger partial charge in [0.25, 0.3) is 0 Å². The summed E-state index contributed by atoms with van der Waals surface area (Å²) in [5.74, 6) is 0.766. The third kappa shape index (κ3) is 10.3. The van der Waals surface area contributed by atoms with Gasteiger partial charge in [-0.1, -0.05) is 26.7 Å². The van der Waals surface area contributed by atoms with Gasteiger partial charge >= 0.3 is 0 Å². The number of hydrogen-bond acceptors (Lipinski definition) is 3. The molecule has 1 N–H and O–H groups in total. The molecule has 0 aromatic rings. The molecule has 0 bridgehead atoms. The molecular formula is C16H34N2O. The minimum atomic E-state index is 0.766. The first-order chi connectivity index (χ1) is 9.20. The van der Waals surface area contributed by atoms with Gasteiger partial charge in [0.2, 0.25) is 0 Å². The van der Waals surface area contributed by atoms with E-state index < -0.39 is 0 Å². The molecule has 1 aliphatic rings. The largest absolute Gasteiger partial charge is 0.380 e. The Bertz CT molecular complexity index is 205. The lowest BCUT2D eigenvalue weighted by Gasteiger charge is -2.15. The lowest BCUT2D eigenvalue weighted by atomic mass is 10.2. The van der Waals surface area contributed by atoms with Crippen LogP contribution in [-0.4, -0.2) is 50.8 Å². The first kappa shape index (κ1) is 16.9. The van der Waals surface area contributed by atoms with Crippen LogP contribution in [0.1, 0.15) is 52.4 Å². The Morgan fingerprint density at radius 2 is 1.84 bits per heavy atom. The Morgan fingerprint density at radius 1 is 1.11 bits per heavy atom. The summed E-state index contributed by atoms with van der Waals surface area (Å²) >= 11 is 0. The van der Waals surface area contributed by atoms with E-state index in [1.165, 1.54) is 45.1 Å². The summed E-state index contributed by atoms with van der Waals surface area (Å²) in [5, 5.41) is 3.49. The van der Waals surface area contributed by atoms with E-state index in [-0.39, 0.29) is 0 Å². The number of ether oxygens (including phenoxy) is 1. The fraction of sp³-hybridized carbons (Fsp3) is 1.00. The van der Waals surface area contributed by atoms with Gasteiger partial charge in [0.05, 0.1) is 6.61 Å². The lowest BCUT2D eigenvalue weighted by Crippen LogP contribution is -2.25. The van der Waals surface area contributed by atoms with Gasteiger partial charge in [-0.3, -0.25) is 0 Å². The Balaban J connectivity index is 1.69. The summed E-state index contributed by atoms with van der Waals surface area (Å²) in [6, 6.07) is 0.863. The van der Waals surface area contributed by atoms with Crippen LogP contribution in [0.15, 0.2) is 0 Å². The number of hydrogen-bond donors (Lipinski definition) is 1. The first-order valence-corrected chi connectivity index (χ1v) is 8.19. The van der Waals surface area contributed by atoms with Crippen LogP contribution in [0.2, 0.25) is 0 Å². The van der Waals surface area contributed by atoms with Crippen LogP contribution < -0.4 is 5.32 Å². The highest BCUT2D eigenvalue weighted by molar-refractivity contribution is 4.81. The number of nitrogens with one attached hydrogen (secondary N) is 1. The van der Waals surface area contributed by atoms with Gasteiger partial charge in [0.15, 0.2) is 0 Å². The Hall–Kier alpha value is -0.120. The molecule has 0 aromatic carbocycles. The molecular weight excluding hydrogens is 236 g/mol. The third-order valence-electron chi connectivity index (χ3n) is 3.70. The van der Waals surface area contributed by atoms with E-state index in [1.54, 1.807) is 0 Å². The van der Waals surface area contributed by atoms with Gasteiger partial charge in [-0.05, 0) is 51.7 Å². The van der Waals surface area contributed by atoms with Crippen molar-refractivity contribution in [3.63, 3.8) is 0 Å². The fourth-order valence-corrected chi connectivity index (χ4v) is 2.21. The highest BCUT2D eigenvalue weighted by atomic mass is 16.5. The second-order valence-electron chi connectivity index (χ2n) is 6.34. The van der Waals surface area contributed by atoms with Gasteiger partial charge < -0.3 is 15.0 Å². The predicted octanol–water partition coefficient (Wildman–Crippen LogP) is 2.90. The van der Waals surface area contributed by atoms with E-state index in [2.05, 4.69) is 31.1 Å². The van der Waals surface area contributed by atoms with Crippen LogP contribution in [0, 0.1) is 5.92 Å². The van der Waals surface area contributed by atoms with Crippen molar-refractivity contribution in [3.8, 4) is 0 Å². The highest BCUT2D eigenvalue weighted by Gasteiger charge is 2.25. The average molecular weight is 270 g/mol. The molecule has 114 valence electrons. The van der Waals surface area contributed by atoms with E-state index in [9.17, 15) is 0 Å². The fourth-order valence-electron chi connectivity index (χ4n) is 2.21. The third-order valence-corrected chi connectivity index (χ3v) is 3.70. The average Bonchev–Trinajstić information content (AvgIpc) is 3.19. The van der Waals surface area contributed by atoms with E-state index >= 15 is 0 Å². The number of unbranched alkanes of at least 4 members (excludes halogenated alkanes) is 3. The molecule has 0 unspecified atom stereocenters. The van der Waals surface area contributed by atoms with Crippen molar-refractivity contribution < 1.29 is 4.74 Å². The summed E-state index contributed by atoms with van der Waals surface area (Å²) in [6.07, 6.45) is 7.94. The molecule has 0 aliphatic heterocycles. The number of nitrogens with zero attached hydrogens (tertiary/aromatic N) is 1. The number of likely N-dealkylation sites (N-methyl/N-ethyl adjacent to an activating group) is 1. The van der Waals surface area contributed by atoms with Crippen molar-refractivity contribution in [3.05, 3.63) is 0 Å². The van der Waals surface area contributed by atoms with Crippen LogP contribution in [0.4, 0.5) is 0 Å². The van der Waals surface area contributed by atoms with Crippen LogP contribution in [0.5, 0.6) is 0 Å². The summed E-state index contributed by atoms with van der Waals surface area (Å²) in [6.45, 7) is 9.78. The molecule has 0 amide bonds. The van der Waals surface area contributed by atoms with Gasteiger partial charge in [-0.2, -0.15) is 0 Å². The molecule has 0 atom stereocenters. The highest BCUT2D eigenvalue weighted by Crippen LogP contribution is 2.24. The van der Waals surface area contributed by atoms with Crippen LogP contribution in [0.25, 0.3) is 0 Å². The summed E-state index contributed by atoms with van der Waals surface area (Å²) in [7, 11) is 2.21. The standard InChI is InChI=1S/C16H34N2O/c1-15(2)14-17-10-6-4-5-7-12-19-13-11-18(3)16-8-9-16/h15-17H,4-14H2,1-3H3. The van der Waals surface area contributed by atoms with Gasteiger partial charge in [0, 0.05) is 19.2 Å². The minimum Gasteiger partial charge on any atom is -0.380 e. The molecule has 19 heavy (non-hydrogen) atoms. The van der Waals surface area contributed by atoms with E-state index in [0.717, 1.165) is 38.3 Å². The molecule has 1 aliphatic carbocycles. The zero-order valence-corrected chi connectivity index (χ0v) is 13.3. The molecule has 1 rings (SSSR count). The zero-order chi connectivity index (χ0) is 13.9. The van der Waals surface area contributed by atoms with E-state index in [4.69, 9.17) is 4.74 Å². The second kappa shape index (κ2) is 10.6. The summed E-state index contributed by atoms with van der Waals surface area (Å²) < 4.78 is 5.68. The predicted molar refractivity (Wildman–Crippen MR) is 82.6 cm³/mol. The molecule has 0 radical (unpaired) electrons. The molecule has 1 saturated carbocycles. The summed E-state index contributed by atoms with van der Waals surface area (Å²) in [5.41, 5.74) is 0. The molecule has 0 saturated heterocycles. The van der Waals surface area contributed by atoms with Crippen molar-refractivity contribution in [2.75, 3.05) is 39.9 Å². The number of rotatable bonds is 13. The van der Waals surface area contributed by atoms with Gasteiger partial charge in [-0.25, -0.2) is 0 Å². The molecule has 0 aromatic heterocycles. The summed E-state index contributed by atoms with van der Waals surface area (Å²) in [4.78, 5) is 2.43. The van der Waals surface area contributed by atoms with Gasteiger partial charge in [-0.15, -0.1) is 0 Å². The molecule has 0 heterocycles. The molecule has 3 nitrogen and oxygen atoms in total. The Kier molecular flexibility index (Phi) is 9.48. The maximum atomic E-state index is 5.68. The van der Waals surface area contributed by atoms with Crippen molar-refractivity contribution in [1.82, 2.24) is 10.2 Å². The smallest absolute Gasteiger partial charge is 0.0593 e. The van der Waals surface area contributed by atoms with Gasteiger partial charge in [0.1, 0.15) is 0 Å². The molecule has 1 fully saturated rings. The lowest BCUT2D eigenvalue weighted by molar-refractivity contribution is 0.106. The Labute approximate surface area is 120 Å². The van der Waals surface area contributed by atoms with Crippen LogP contribution >= 0.6 is 0 Å². The maximum Gasteiger partial charge on any atom is 0.0593 e. The second-order valence-corrected chi connectivity index (χ2v) is 6.34. The van der Waals surface area contributed by atoms with E-state index in [1.807, 2.05) is 0 Å². The molecule has 0 spiro atoms. The monoisotopic (exact) mass is 270 g/mol. The minimum absolute atomic E-state index is 0.766. The van der Waals surface area contributed by atoms with Crippen LogP contribution in [-0.2, 0) is 4.74 Å².